The molecule has 0 fully saturated rings. The van der Waals surface area contributed by atoms with Gasteiger partial charge in [-0.15, -0.1) is 0 Å². The molecule has 0 saturated heterocycles. The molecule has 0 heterocycles. The first-order chi connectivity index (χ1) is 11.4. The molecule has 6 nitrogen and oxygen atoms in total. The molecular formula is C17H15ClN2O4. The molecular weight excluding hydrogens is 332 g/mol. The smallest absolute Gasteiger partial charge is 0.310 e. The van der Waals surface area contributed by atoms with Gasteiger partial charge in [-0.3, -0.25) is 14.4 Å². The van der Waals surface area contributed by atoms with Gasteiger partial charge in [0.05, 0.1) is 6.42 Å². The average molecular weight is 347 g/mol. The second-order valence-electron chi connectivity index (χ2n) is 4.95. The number of hydrogen-bond acceptors (Lipinski definition) is 4. The summed E-state index contributed by atoms with van der Waals surface area (Å²) in [5.74, 6) is -1.55. The van der Waals surface area contributed by atoms with Gasteiger partial charge in [-0.1, -0.05) is 23.7 Å². The Morgan fingerprint density at radius 3 is 2.21 bits per heavy atom. The maximum atomic E-state index is 11.7. The molecule has 0 aromatic heterocycles. The summed E-state index contributed by atoms with van der Waals surface area (Å²) in [5.41, 5.74) is 6.68. The van der Waals surface area contributed by atoms with Crippen molar-refractivity contribution >= 4 is 35.1 Å². The number of carbonyl (C=O) groups excluding carboxylic acids is 3. The van der Waals surface area contributed by atoms with Crippen molar-refractivity contribution in [3.8, 4) is 0 Å². The Labute approximate surface area is 143 Å². The topological polar surface area (TPSA) is 98.5 Å². The number of ether oxygens (including phenoxy) is 1. The molecule has 0 spiro atoms. The van der Waals surface area contributed by atoms with Crippen LogP contribution in [0.1, 0.15) is 15.9 Å². The molecule has 2 aromatic rings. The van der Waals surface area contributed by atoms with Crippen LogP contribution in [0.25, 0.3) is 0 Å². The van der Waals surface area contributed by atoms with E-state index in [4.69, 9.17) is 22.1 Å². The van der Waals surface area contributed by atoms with Crippen LogP contribution in [0.2, 0.25) is 5.02 Å². The fraction of sp³-hybridized carbons (Fsp3) is 0.118. The summed E-state index contributed by atoms with van der Waals surface area (Å²) < 4.78 is 4.91. The second kappa shape index (κ2) is 8.12. The monoisotopic (exact) mass is 346 g/mol. The summed E-state index contributed by atoms with van der Waals surface area (Å²) in [7, 11) is 0. The minimum atomic E-state index is -0.552. The number of nitrogens with one attached hydrogen (secondary N) is 1. The third-order valence-corrected chi connectivity index (χ3v) is 3.33. The van der Waals surface area contributed by atoms with Gasteiger partial charge in [0.15, 0.2) is 6.61 Å². The first kappa shape index (κ1) is 17.5. The van der Waals surface area contributed by atoms with Crippen molar-refractivity contribution in [2.24, 2.45) is 5.73 Å². The molecule has 7 heteroatoms. The van der Waals surface area contributed by atoms with Crippen LogP contribution in [0.5, 0.6) is 0 Å². The van der Waals surface area contributed by atoms with Gasteiger partial charge >= 0.3 is 5.97 Å². The van der Waals surface area contributed by atoms with E-state index in [0.29, 0.717) is 16.3 Å². The summed E-state index contributed by atoms with van der Waals surface area (Å²) in [6.45, 7) is -0.399. The number of carbonyl (C=O) groups is 3. The summed E-state index contributed by atoms with van der Waals surface area (Å²) in [6.07, 6.45) is 0.0533. The number of rotatable bonds is 6. The maximum absolute atomic E-state index is 11.7. The third-order valence-electron chi connectivity index (χ3n) is 3.08. The number of nitrogens with two attached hydrogens (primary N) is 1. The van der Waals surface area contributed by atoms with Crippen LogP contribution in [0.15, 0.2) is 48.5 Å². The molecule has 0 bridgehead atoms. The second-order valence-corrected chi connectivity index (χ2v) is 5.39. The van der Waals surface area contributed by atoms with E-state index >= 15 is 0 Å². The van der Waals surface area contributed by atoms with Crippen molar-refractivity contribution in [3.63, 3.8) is 0 Å². The Morgan fingerprint density at radius 2 is 1.62 bits per heavy atom. The van der Waals surface area contributed by atoms with Gasteiger partial charge in [-0.2, -0.15) is 0 Å². The Hall–Kier alpha value is -2.86. The fourth-order valence-corrected chi connectivity index (χ4v) is 2.01. The van der Waals surface area contributed by atoms with Crippen LogP contribution < -0.4 is 11.1 Å². The molecule has 2 rings (SSSR count). The lowest BCUT2D eigenvalue weighted by atomic mass is 10.1. The Kier molecular flexibility index (Phi) is 5.92. The Morgan fingerprint density at radius 1 is 1.00 bits per heavy atom. The number of benzene rings is 2. The van der Waals surface area contributed by atoms with E-state index in [1.165, 1.54) is 24.3 Å². The quantitative estimate of drug-likeness (QED) is 0.783. The predicted octanol–water partition coefficient (Wildman–Crippen LogP) is 2.16. The third kappa shape index (κ3) is 5.40. The lowest BCUT2D eigenvalue weighted by Crippen LogP contribution is -2.21. The summed E-state index contributed by atoms with van der Waals surface area (Å²) in [4.78, 5) is 34.4. The zero-order valence-corrected chi connectivity index (χ0v) is 13.4. The minimum absolute atomic E-state index is 0.0533. The van der Waals surface area contributed by atoms with Gasteiger partial charge in [0.1, 0.15) is 0 Å². The number of halogens is 1. The lowest BCUT2D eigenvalue weighted by Gasteiger charge is -2.07. The Bertz CT molecular complexity index is 742. The van der Waals surface area contributed by atoms with E-state index in [9.17, 15) is 14.4 Å². The van der Waals surface area contributed by atoms with Gasteiger partial charge in [0.25, 0.3) is 5.91 Å². The standard InChI is InChI=1S/C17H15ClN2O4/c18-13-5-1-11(2-6-13)9-16(22)24-10-15(21)20-14-7-3-12(4-8-14)17(19)23/h1-8H,9-10H2,(H2,19,23)(H,20,21). The van der Waals surface area contributed by atoms with Crippen molar-refractivity contribution in [3.05, 3.63) is 64.7 Å². The molecule has 0 aliphatic heterocycles. The molecule has 2 aromatic carbocycles. The molecule has 0 aliphatic rings. The molecule has 0 unspecified atom stereocenters. The molecule has 2 amide bonds. The van der Waals surface area contributed by atoms with Crippen molar-refractivity contribution in [1.29, 1.82) is 0 Å². The number of hydrogen-bond donors (Lipinski definition) is 2. The summed E-state index contributed by atoms with van der Waals surface area (Å²) in [5, 5.41) is 3.13. The van der Waals surface area contributed by atoms with Gasteiger partial charge < -0.3 is 15.8 Å². The molecule has 0 aliphatic carbocycles. The lowest BCUT2D eigenvalue weighted by molar-refractivity contribution is -0.146. The highest BCUT2D eigenvalue weighted by Gasteiger charge is 2.09. The largest absolute Gasteiger partial charge is 0.455 e. The van der Waals surface area contributed by atoms with E-state index in [0.717, 1.165) is 5.56 Å². The van der Waals surface area contributed by atoms with E-state index < -0.39 is 24.4 Å². The van der Waals surface area contributed by atoms with Gasteiger partial charge in [-0.25, -0.2) is 0 Å². The highest BCUT2D eigenvalue weighted by molar-refractivity contribution is 6.30. The van der Waals surface area contributed by atoms with Crippen LogP contribution in [-0.4, -0.2) is 24.4 Å². The van der Waals surface area contributed by atoms with Crippen molar-refractivity contribution in [2.45, 2.75) is 6.42 Å². The summed E-state index contributed by atoms with van der Waals surface area (Å²) in [6, 6.07) is 12.8. The molecule has 124 valence electrons. The maximum Gasteiger partial charge on any atom is 0.310 e. The highest BCUT2D eigenvalue weighted by atomic mass is 35.5. The normalized spacial score (nSPS) is 10.0. The number of anilines is 1. The number of esters is 1. The zero-order chi connectivity index (χ0) is 17.5. The van der Waals surface area contributed by atoms with Gasteiger partial charge in [0, 0.05) is 16.3 Å². The molecule has 0 saturated carbocycles. The molecule has 3 N–H and O–H groups in total. The fourth-order valence-electron chi connectivity index (χ4n) is 1.88. The minimum Gasteiger partial charge on any atom is -0.455 e. The van der Waals surface area contributed by atoms with Crippen molar-refractivity contribution in [2.75, 3.05) is 11.9 Å². The number of amides is 2. The molecule has 24 heavy (non-hydrogen) atoms. The highest BCUT2D eigenvalue weighted by Crippen LogP contribution is 2.11. The zero-order valence-electron chi connectivity index (χ0n) is 12.6. The van der Waals surface area contributed by atoms with Gasteiger partial charge in [0.2, 0.25) is 5.91 Å². The van der Waals surface area contributed by atoms with Gasteiger partial charge in [-0.05, 0) is 42.0 Å². The number of primary amides is 1. The Balaban J connectivity index is 1.78. The average Bonchev–Trinajstić information content (AvgIpc) is 2.55. The van der Waals surface area contributed by atoms with Crippen molar-refractivity contribution in [1.82, 2.24) is 0 Å². The first-order valence-corrected chi connectivity index (χ1v) is 7.41. The van der Waals surface area contributed by atoms with Crippen LogP contribution in [-0.2, 0) is 20.7 Å². The predicted molar refractivity (Wildman–Crippen MR) is 89.7 cm³/mol. The first-order valence-electron chi connectivity index (χ1n) is 7.04. The van der Waals surface area contributed by atoms with Crippen LogP contribution in [0.4, 0.5) is 5.69 Å². The SMILES string of the molecule is NC(=O)c1ccc(NC(=O)COC(=O)Cc2ccc(Cl)cc2)cc1. The summed E-state index contributed by atoms with van der Waals surface area (Å²) >= 11 is 5.76. The molecule has 0 radical (unpaired) electrons. The van der Waals surface area contributed by atoms with E-state index in [2.05, 4.69) is 5.32 Å². The van der Waals surface area contributed by atoms with E-state index in [1.54, 1.807) is 24.3 Å². The molecule has 0 atom stereocenters. The van der Waals surface area contributed by atoms with Crippen LogP contribution in [0, 0.1) is 0 Å². The van der Waals surface area contributed by atoms with E-state index in [1.807, 2.05) is 0 Å². The van der Waals surface area contributed by atoms with Crippen LogP contribution in [0.3, 0.4) is 0 Å². The van der Waals surface area contributed by atoms with E-state index in [-0.39, 0.29) is 6.42 Å². The van der Waals surface area contributed by atoms with Crippen LogP contribution >= 0.6 is 11.6 Å². The van der Waals surface area contributed by atoms with Crippen molar-refractivity contribution < 1.29 is 19.1 Å².